The van der Waals surface area contributed by atoms with Crippen molar-refractivity contribution in [2.75, 3.05) is 6.54 Å². The number of hydrogen-bond acceptors (Lipinski definition) is 4. The van der Waals surface area contributed by atoms with Crippen molar-refractivity contribution < 1.29 is 0 Å². The normalized spacial score (nSPS) is 14.0. The number of benzene rings is 1. The van der Waals surface area contributed by atoms with Gasteiger partial charge in [-0.25, -0.2) is 4.98 Å². The Balaban J connectivity index is 2.11. The van der Waals surface area contributed by atoms with Crippen LogP contribution >= 0.6 is 11.8 Å². The van der Waals surface area contributed by atoms with Crippen LogP contribution in [0.4, 0.5) is 0 Å². The Kier molecular flexibility index (Phi) is 5.36. The molecule has 0 aliphatic heterocycles. The molecule has 0 saturated carbocycles. The van der Waals surface area contributed by atoms with Gasteiger partial charge in [0.25, 0.3) is 0 Å². The first kappa shape index (κ1) is 14.0. The van der Waals surface area contributed by atoms with Crippen LogP contribution in [0.2, 0.25) is 0 Å². The third-order valence-electron chi connectivity index (χ3n) is 2.90. The van der Waals surface area contributed by atoms with E-state index in [-0.39, 0.29) is 0 Å². The van der Waals surface area contributed by atoms with Crippen LogP contribution in [0.1, 0.15) is 25.5 Å². The molecule has 2 unspecified atom stereocenters. The van der Waals surface area contributed by atoms with Crippen molar-refractivity contribution >= 4 is 11.8 Å². The molecule has 3 nitrogen and oxygen atoms in total. The summed E-state index contributed by atoms with van der Waals surface area (Å²) in [5.41, 5.74) is 1.31. The lowest BCUT2D eigenvalue weighted by atomic mass is 10.0. The molecule has 0 bridgehead atoms. The zero-order valence-electron chi connectivity index (χ0n) is 11.3. The molecule has 0 aliphatic rings. The van der Waals surface area contributed by atoms with Gasteiger partial charge in [0.1, 0.15) is 5.03 Å². The van der Waals surface area contributed by atoms with Crippen molar-refractivity contribution in [3.8, 4) is 0 Å². The first-order valence-corrected chi connectivity index (χ1v) is 7.40. The van der Waals surface area contributed by atoms with E-state index in [9.17, 15) is 0 Å². The smallest absolute Gasteiger partial charge is 0.115 e. The average molecular weight is 273 g/mol. The maximum Gasteiger partial charge on any atom is 0.115 e. The second-order valence-electron chi connectivity index (χ2n) is 4.31. The minimum Gasteiger partial charge on any atom is -0.309 e. The summed E-state index contributed by atoms with van der Waals surface area (Å²) in [4.78, 5) is 8.44. The summed E-state index contributed by atoms with van der Waals surface area (Å²) in [7, 11) is 0. The molecular formula is C15H19N3S. The number of nitrogens with one attached hydrogen (secondary N) is 1. The summed E-state index contributed by atoms with van der Waals surface area (Å²) >= 11 is 1.75. The molecule has 1 heterocycles. The lowest BCUT2D eigenvalue weighted by Gasteiger charge is -2.24. The second kappa shape index (κ2) is 7.26. The number of rotatable bonds is 6. The van der Waals surface area contributed by atoms with Gasteiger partial charge in [0.15, 0.2) is 0 Å². The summed E-state index contributed by atoms with van der Waals surface area (Å²) < 4.78 is 0. The zero-order chi connectivity index (χ0) is 13.5. The van der Waals surface area contributed by atoms with Crippen LogP contribution in [0.5, 0.6) is 0 Å². The Morgan fingerprint density at radius 3 is 2.63 bits per heavy atom. The first-order chi connectivity index (χ1) is 9.31. The predicted octanol–water partition coefficient (Wildman–Crippen LogP) is 3.31. The Labute approximate surface area is 118 Å². The highest BCUT2D eigenvalue weighted by molar-refractivity contribution is 7.99. The van der Waals surface area contributed by atoms with Crippen molar-refractivity contribution in [3.63, 3.8) is 0 Å². The number of hydrogen-bond donors (Lipinski definition) is 1. The largest absolute Gasteiger partial charge is 0.309 e. The fraction of sp³-hybridized carbons (Fsp3) is 0.333. The van der Waals surface area contributed by atoms with Gasteiger partial charge in [-0.1, -0.05) is 55.9 Å². The van der Waals surface area contributed by atoms with Gasteiger partial charge in [0.05, 0.1) is 6.20 Å². The second-order valence-corrected chi connectivity index (χ2v) is 5.71. The molecule has 4 heteroatoms. The van der Waals surface area contributed by atoms with Gasteiger partial charge >= 0.3 is 0 Å². The predicted molar refractivity (Wildman–Crippen MR) is 80.2 cm³/mol. The molecular weight excluding hydrogens is 254 g/mol. The molecule has 2 rings (SSSR count). The van der Waals surface area contributed by atoms with E-state index in [1.54, 1.807) is 24.2 Å². The Hall–Kier alpha value is -1.39. The van der Waals surface area contributed by atoms with Gasteiger partial charge < -0.3 is 5.32 Å². The fourth-order valence-corrected chi connectivity index (χ4v) is 3.05. The molecule has 1 N–H and O–H groups in total. The Morgan fingerprint density at radius 2 is 2.00 bits per heavy atom. The minimum atomic E-state index is 0.318. The lowest BCUT2D eigenvalue weighted by Crippen LogP contribution is -2.28. The lowest BCUT2D eigenvalue weighted by molar-refractivity contribution is 0.547. The molecule has 0 spiro atoms. The van der Waals surface area contributed by atoms with E-state index < -0.39 is 0 Å². The molecule has 2 aromatic rings. The van der Waals surface area contributed by atoms with E-state index in [1.165, 1.54) is 5.56 Å². The monoisotopic (exact) mass is 273 g/mol. The molecule has 19 heavy (non-hydrogen) atoms. The van der Waals surface area contributed by atoms with Crippen LogP contribution < -0.4 is 5.32 Å². The van der Waals surface area contributed by atoms with Crippen LogP contribution in [-0.4, -0.2) is 21.8 Å². The summed E-state index contributed by atoms with van der Waals surface area (Å²) in [5.74, 6) is 0. The van der Waals surface area contributed by atoms with Gasteiger partial charge in [-0.15, -0.1) is 0 Å². The van der Waals surface area contributed by atoms with Crippen molar-refractivity contribution in [2.24, 2.45) is 0 Å². The van der Waals surface area contributed by atoms with Gasteiger partial charge in [-0.2, -0.15) is 0 Å². The Bertz CT molecular complexity index is 475. The van der Waals surface area contributed by atoms with Gasteiger partial charge in [0, 0.05) is 23.7 Å². The number of nitrogens with zero attached hydrogens (tertiary/aromatic N) is 2. The van der Waals surface area contributed by atoms with Crippen LogP contribution in [0, 0.1) is 0 Å². The van der Waals surface area contributed by atoms with Gasteiger partial charge in [-0.05, 0) is 12.1 Å². The van der Waals surface area contributed by atoms with E-state index in [0.717, 1.165) is 11.6 Å². The van der Waals surface area contributed by atoms with Crippen LogP contribution in [0.25, 0.3) is 0 Å². The standard InChI is InChI=1S/C15H19N3S/c1-3-17-15(13-7-5-4-6-8-13)12(2)19-14-11-16-9-10-18-14/h4-12,15,17H,3H2,1-2H3. The van der Waals surface area contributed by atoms with E-state index in [4.69, 9.17) is 0 Å². The summed E-state index contributed by atoms with van der Waals surface area (Å²) in [6, 6.07) is 10.9. The van der Waals surface area contributed by atoms with E-state index in [2.05, 4.69) is 53.4 Å². The third kappa shape index (κ3) is 4.04. The van der Waals surface area contributed by atoms with Crippen molar-refractivity contribution in [3.05, 3.63) is 54.5 Å². The molecule has 100 valence electrons. The van der Waals surface area contributed by atoms with Crippen LogP contribution in [0.3, 0.4) is 0 Å². The molecule has 1 aromatic carbocycles. The zero-order valence-corrected chi connectivity index (χ0v) is 12.1. The first-order valence-electron chi connectivity index (χ1n) is 6.52. The average Bonchev–Trinajstić information content (AvgIpc) is 2.46. The molecule has 0 radical (unpaired) electrons. The molecule has 2 atom stereocenters. The Morgan fingerprint density at radius 1 is 1.21 bits per heavy atom. The van der Waals surface area contributed by atoms with E-state index in [0.29, 0.717) is 11.3 Å². The molecule has 0 aliphatic carbocycles. The van der Waals surface area contributed by atoms with Crippen molar-refractivity contribution in [1.82, 2.24) is 15.3 Å². The van der Waals surface area contributed by atoms with E-state index >= 15 is 0 Å². The fourth-order valence-electron chi connectivity index (χ4n) is 2.04. The summed E-state index contributed by atoms with van der Waals surface area (Å²) in [5, 5.41) is 4.90. The maximum absolute atomic E-state index is 4.33. The van der Waals surface area contributed by atoms with Crippen LogP contribution in [0.15, 0.2) is 53.9 Å². The summed E-state index contributed by atoms with van der Waals surface area (Å²) in [6.45, 7) is 5.31. The maximum atomic E-state index is 4.33. The quantitative estimate of drug-likeness (QED) is 0.819. The highest BCUT2D eigenvalue weighted by Gasteiger charge is 2.19. The van der Waals surface area contributed by atoms with Crippen LogP contribution in [-0.2, 0) is 0 Å². The molecule has 0 amide bonds. The SMILES string of the molecule is CCNC(c1ccccc1)C(C)Sc1cnccn1. The highest BCUT2D eigenvalue weighted by atomic mass is 32.2. The molecule has 1 aromatic heterocycles. The molecule has 0 saturated heterocycles. The minimum absolute atomic E-state index is 0.318. The van der Waals surface area contributed by atoms with Crippen molar-refractivity contribution in [1.29, 1.82) is 0 Å². The number of aromatic nitrogens is 2. The summed E-state index contributed by atoms with van der Waals surface area (Å²) in [6.07, 6.45) is 5.25. The van der Waals surface area contributed by atoms with Crippen molar-refractivity contribution in [2.45, 2.75) is 30.2 Å². The van der Waals surface area contributed by atoms with Gasteiger partial charge in [-0.3, -0.25) is 4.98 Å². The number of thioether (sulfide) groups is 1. The third-order valence-corrected chi connectivity index (χ3v) is 3.99. The highest BCUT2D eigenvalue weighted by Crippen LogP contribution is 2.30. The molecule has 0 fully saturated rings. The van der Waals surface area contributed by atoms with E-state index in [1.807, 2.05) is 12.3 Å². The van der Waals surface area contributed by atoms with Gasteiger partial charge in [0.2, 0.25) is 0 Å². The topological polar surface area (TPSA) is 37.8 Å².